The lowest BCUT2D eigenvalue weighted by molar-refractivity contribution is 0.224. The van der Waals surface area contributed by atoms with Gasteiger partial charge in [-0.25, -0.2) is 0 Å². The van der Waals surface area contributed by atoms with E-state index in [-0.39, 0.29) is 0 Å². The van der Waals surface area contributed by atoms with Gasteiger partial charge in [-0.3, -0.25) is 0 Å². The molecule has 3 unspecified atom stereocenters. The molecule has 1 saturated carbocycles. The van der Waals surface area contributed by atoms with Gasteiger partial charge in [-0.05, 0) is 24.2 Å². The topological polar surface area (TPSA) is 0 Å². The lowest BCUT2D eigenvalue weighted by Gasteiger charge is -2.29. The summed E-state index contributed by atoms with van der Waals surface area (Å²) in [4.78, 5) is 0. The zero-order valence-corrected chi connectivity index (χ0v) is 9.68. The van der Waals surface area contributed by atoms with Crippen LogP contribution in [0.15, 0.2) is 0 Å². The average Bonchev–Trinajstić information content (AvgIpc) is 2.12. The van der Waals surface area contributed by atoms with Crippen LogP contribution in [0.5, 0.6) is 0 Å². The Morgan fingerprint density at radius 2 is 1.46 bits per heavy atom. The summed E-state index contributed by atoms with van der Waals surface area (Å²) in [6, 6.07) is 0. The molecule has 0 aromatic rings. The second kappa shape index (κ2) is 5.67. The first kappa shape index (κ1) is 11.1. The minimum absolute atomic E-state index is 0.992. The summed E-state index contributed by atoms with van der Waals surface area (Å²) in [6.07, 6.45) is 10.3. The fraction of sp³-hybridized carbons (Fsp3) is 1.00. The third-order valence-electron chi connectivity index (χ3n) is 4.02. The highest BCUT2D eigenvalue weighted by Crippen LogP contribution is 2.33. The van der Waals surface area contributed by atoms with E-state index in [1.54, 1.807) is 0 Å². The molecule has 1 aliphatic carbocycles. The molecule has 0 heterocycles. The van der Waals surface area contributed by atoms with Crippen LogP contribution < -0.4 is 0 Å². The van der Waals surface area contributed by atoms with E-state index in [1.807, 2.05) is 0 Å². The summed E-state index contributed by atoms with van der Waals surface area (Å²) in [7, 11) is 0. The summed E-state index contributed by atoms with van der Waals surface area (Å²) < 4.78 is 0. The van der Waals surface area contributed by atoms with Crippen molar-refractivity contribution in [2.45, 2.75) is 65.7 Å². The van der Waals surface area contributed by atoms with Crippen LogP contribution in [-0.4, -0.2) is 0 Å². The molecule has 0 aromatic carbocycles. The van der Waals surface area contributed by atoms with Gasteiger partial charge in [0.25, 0.3) is 0 Å². The van der Waals surface area contributed by atoms with Crippen LogP contribution in [0.25, 0.3) is 0 Å². The van der Waals surface area contributed by atoms with Gasteiger partial charge in [-0.15, -0.1) is 0 Å². The first-order valence-electron chi connectivity index (χ1n) is 6.27. The summed E-state index contributed by atoms with van der Waals surface area (Å²) >= 11 is 0. The molecule has 1 fully saturated rings. The minimum Gasteiger partial charge on any atom is -0.0651 e. The van der Waals surface area contributed by atoms with Crippen molar-refractivity contribution >= 4 is 0 Å². The van der Waals surface area contributed by atoms with Crippen LogP contribution >= 0.6 is 0 Å². The van der Waals surface area contributed by atoms with Crippen LogP contribution in [-0.2, 0) is 0 Å². The quantitative estimate of drug-likeness (QED) is 0.583. The zero-order valence-electron chi connectivity index (χ0n) is 9.68. The third-order valence-corrected chi connectivity index (χ3v) is 4.02. The van der Waals surface area contributed by atoms with Gasteiger partial charge in [0.1, 0.15) is 0 Å². The van der Waals surface area contributed by atoms with E-state index >= 15 is 0 Å². The maximum atomic E-state index is 2.43. The Balaban J connectivity index is 2.45. The second-order valence-electron chi connectivity index (χ2n) is 4.95. The highest BCUT2D eigenvalue weighted by atomic mass is 14.3. The molecule has 0 amide bonds. The molecule has 3 atom stereocenters. The van der Waals surface area contributed by atoms with Crippen LogP contribution in [0.2, 0.25) is 0 Å². The average molecular weight is 182 g/mol. The van der Waals surface area contributed by atoms with E-state index in [0.717, 1.165) is 17.8 Å². The van der Waals surface area contributed by atoms with Gasteiger partial charge in [0, 0.05) is 0 Å². The molecule has 0 N–H and O–H groups in total. The summed E-state index contributed by atoms with van der Waals surface area (Å²) in [5.41, 5.74) is 0. The molecule has 0 heteroatoms. The number of hydrogen-bond acceptors (Lipinski definition) is 0. The third kappa shape index (κ3) is 3.32. The Kier molecular flexibility index (Phi) is 4.83. The van der Waals surface area contributed by atoms with E-state index in [2.05, 4.69) is 20.8 Å². The Hall–Kier alpha value is 0. The van der Waals surface area contributed by atoms with Crippen molar-refractivity contribution in [3.8, 4) is 0 Å². The van der Waals surface area contributed by atoms with Crippen molar-refractivity contribution in [1.29, 1.82) is 0 Å². The molecule has 0 aliphatic heterocycles. The van der Waals surface area contributed by atoms with E-state index < -0.39 is 0 Å². The van der Waals surface area contributed by atoms with E-state index in [0.29, 0.717) is 0 Å². The molecule has 0 saturated heterocycles. The van der Waals surface area contributed by atoms with Gasteiger partial charge in [-0.1, -0.05) is 59.3 Å². The molecule has 0 bridgehead atoms. The van der Waals surface area contributed by atoms with Crippen molar-refractivity contribution in [1.82, 2.24) is 0 Å². The van der Waals surface area contributed by atoms with E-state index in [9.17, 15) is 0 Å². The van der Waals surface area contributed by atoms with E-state index in [4.69, 9.17) is 0 Å². The van der Waals surface area contributed by atoms with Crippen molar-refractivity contribution in [2.75, 3.05) is 0 Å². The highest BCUT2D eigenvalue weighted by Gasteiger charge is 2.21. The summed E-state index contributed by atoms with van der Waals surface area (Å²) in [5.74, 6) is 3.07. The number of rotatable bonds is 2. The summed E-state index contributed by atoms with van der Waals surface area (Å²) in [5, 5.41) is 0. The highest BCUT2D eigenvalue weighted by molar-refractivity contribution is 4.73. The molecule has 0 aromatic heterocycles. The van der Waals surface area contributed by atoms with Gasteiger partial charge >= 0.3 is 0 Å². The van der Waals surface area contributed by atoms with Crippen LogP contribution in [0.4, 0.5) is 0 Å². The Morgan fingerprint density at radius 1 is 0.846 bits per heavy atom. The second-order valence-corrected chi connectivity index (χ2v) is 4.95. The zero-order chi connectivity index (χ0) is 9.68. The lowest BCUT2D eigenvalue weighted by atomic mass is 9.77. The Labute approximate surface area is 84.1 Å². The fourth-order valence-electron chi connectivity index (χ4n) is 2.92. The predicted octanol–water partition coefficient (Wildman–Crippen LogP) is 4.64. The first-order chi connectivity index (χ1) is 6.27. The fourth-order valence-corrected chi connectivity index (χ4v) is 2.92. The van der Waals surface area contributed by atoms with Crippen LogP contribution in [0, 0.1) is 17.8 Å². The van der Waals surface area contributed by atoms with E-state index in [1.165, 1.54) is 44.9 Å². The van der Waals surface area contributed by atoms with Gasteiger partial charge in [0.15, 0.2) is 0 Å². The normalized spacial score (nSPS) is 36.7. The van der Waals surface area contributed by atoms with Gasteiger partial charge < -0.3 is 0 Å². The first-order valence-corrected chi connectivity index (χ1v) is 6.27. The molecule has 0 spiro atoms. The van der Waals surface area contributed by atoms with Crippen molar-refractivity contribution < 1.29 is 0 Å². The Morgan fingerprint density at radius 3 is 2.08 bits per heavy atom. The molecular weight excluding hydrogens is 156 g/mol. The van der Waals surface area contributed by atoms with Crippen LogP contribution in [0.3, 0.4) is 0 Å². The monoisotopic (exact) mass is 182 g/mol. The standard InChI is InChI=1S/C13H26/c1-4-12-8-6-7-11(3)9-10-13(12)5-2/h11-13H,4-10H2,1-3H3. The Bertz CT molecular complexity index is 128. The molecule has 78 valence electrons. The van der Waals surface area contributed by atoms with Crippen molar-refractivity contribution in [3.63, 3.8) is 0 Å². The van der Waals surface area contributed by atoms with Crippen LogP contribution in [0.1, 0.15) is 65.7 Å². The largest absolute Gasteiger partial charge is 0.0651 e. The minimum atomic E-state index is 0.992. The molecule has 13 heavy (non-hydrogen) atoms. The maximum absolute atomic E-state index is 2.43. The van der Waals surface area contributed by atoms with Gasteiger partial charge in [0.2, 0.25) is 0 Å². The molecule has 0 radical (unpaired) electrons. The molecule has 1 aliphatic rings. The molecular formula is C13H26. The SMILES string of the molecule is CCC1CCCC(C)CCC1CC. The molecule has 0 nitrogen and oxygen atoms in total. The summed E-state index contributed by atoms with van der Waals surface area (Å²) in [6.45, 7) is 7.18. The van der Waals surface area contributed by atoms with Crippen molar-refractivity contribution in [3.05, 3.63) is 0 Å². The predicted molar refractivity (Wildman–Crippen MR) is 59.8 cm³/mol. The lowest BCUT2D eigenvalue weighted by Crippen LogP contribution is -2.17. The van der Waals surface area contributed by atoms with Crippen molar-refractivity contribution in [2.24, 2.45) is 17.8 Å². The molecule has 1 rings (SSSR count). The number of hydrogen-bond donors (Lipinski definition) is 0. The maximum Gasteiger partial charge on any atom is -0.0388 e. The van der Waals surface area contributed by atoms with Gasteiger partial charge in [-0.2, -0.15) is 0 Å². The smallest absolute Gasteiger partial charge is 0.0388 e. The van der Waals surface area contributed by atoms with Gasteiger partial charge in [0.05, 0.1) is 0 Å².